The first-order chi connectivity index (χ1) is 8.52. The topological polar surface area (TPSA) is 64.3 Å². The van der Waals surface area contributed by atoms with Crippen molar-refractivity contribution in [3.63, 3.8) is 0 Å². The third-order valence-corrected chi connectivity index (χ3v) is 2.52. The maximum atomic E-state index is 10.4. The minimum Gasteiger partial charge on any atom is -0.478 e. The molecule has 1 rings (SSSR count). The Morgan fingerprint density at radius 2 is 2.11 bits per heavy atom. The Kier molecular flexibility index (Phi) is 4.94. The fourth-order valence-corrected chi connectivity index (χ4v) is 1.56. The molecule has 1 atom stereocenters. The van der Waals surface area contributed by atoms with Gasteiger partial charge in [0.25, 0.3) is 0 Å². The molecule has 0 aromatic heterocycles. The molecule has 0 aliphatic rings. The second-order valence-corrected chi connectivity index (χ2v) is 4.17. The number of anilines is 1. The molecule has 0 spiro atoms. The van der Waals surface area contributed by atoms with Gasteiger partial charge >= 0.3 is 5.97 Å². The lowest BCUT2D eigenvalue weighted by molar-refractivity contribution is -0.131. The highest BCUT2D eigenvalue weighted by Gasteiger charge is 2.05. The molecule has 18 heavy (non-hydrogen) atoms. The minimum absolute atomic E-state index is 0.0263. The quantitative estimate of drug-likeness (QED) is 0.808. The van der Waals surface area contributed by atoms with Gasteiger partial charge in [-0.25, -0.2) is 4.79 Å². The number of rotatable bonds is 5. The first-order valence-corrected chi connectivity index (χ1v) is 5.64. The molecule has 1 N–H and O–H groups in total. The van der Waals surface area contributed by atoms with E-state index in [1.165, 1.54) is 0 Å². The molecule has 0 bridgehead atoms. The van der Waals surface area contributed by atoms with Gasteiger partial charge in [-0.1, -0.05) is 12.1 Å². The van der Waals surface area contributed by atoms with Gasteiger partial charge in [0.15, 0.2) is 0 Å². The van der Waals surface area contributed by atoms with Gasteiger partial charge in [0.2, 0.25) is 0 Å². The molecule has 0 aliphatic heterocycles. The van der Waals surface area contributed by atoms with Crippen LogP contribution < -0.4 is 4.90 Å². The summed E-state index contributed by atoms with van der Waals surface area (Å²) < 4.78 is 0. The Morgan fingerprint density at radius 1 is 1.50 bits per heavy atom. The second-order valence-electron chi connectivity index (χ2n) is 4.17. The van der Waals surface area contributed by atoms with Crippen molar-refractivity contribution in [1.82, 2.24) is 0 Å². The average molecular weight is 244 g/mol. The monoisotopic (exact) mass is 244 g/mol. The maximum Gasteiger partial charge on any atom is 0.328 e. The van der Waals surface area contributed by atoms with Gasteiger partial charge in [-0.3, -0.25) is 0 Å². The summed E-state index contributed by atoms with van der Waals surface area (Å²) in [7, 11) is 1.93. The van der Waals surface area contributed by atoms with Crippen LogP contribution in [0.4, 0.5) is 5.69 Å². The number of carbonyl (C=O) groups is 1. The summed E-state index contributed by atoms with van der Waals surface area (Å²) in [6.45, 7) is 2.54. The number of carboxylic acid groups (broad SMARTS) is 1. The van der Waals surface area contributed by atoms with E-state index in [0.717, 1.165) is 17.3 Å². The number of nitrogens with zero attached hydrogens (tertiary/aromatic N) is 2. The molecule has 0 heterocycles. The molecule has 1 unspecified atom stereocenters. The molecule has 4 nitrogen and oxygen atoms in total. The molecular weight excluding hydrogens is 228 g/mol. The molecule has 0 fully saturated rings. The van der Waals surface area contributed by atoms with Crippen molar-refractivity contribution in [2.45, 2.75) is 6.92 Å². The first kappa shape index (κ1) is 13.8. The smallest absolute Gasteiger partial charge is 0.328 e. The van der Waals surface area contributed by atoms with Gasteiger partial charge in [0.05, 0.1) is 12.0 Å². The molecule has 0 saturated carbocycles. The van der Waals surface area contributed by atoms with E-state index in [2.05, 4.69) is 6.07 Å². The summed E-state index contributed by atoms with van der Waals surface area (Å²) in [6, 6.07) is 9.71. The normalized spacial score (nSPS) is 12.1. The molecule has 0 amide bonds. The Bertz CT molecular complexity index is 472. The highest BCUT2D eigenvalue weighted by atomic mass is 16.4. The number of hydrogen-bond acceptors (Lipinski definition) is 3. The van der Waals surface area contributed by atoms with Gasteiger partial charge < -0.3 is 10.0 Å². The number of hydrogen-bond donors (Lipinski definition) is 1. The summed E-state index contributed by atoms with van der Waals surface area (Å²) >= 11 is 0. The number of aliphatic carboxylic acids is 1. The number of nitriles is 1. The SMILES string of the molecule is CC(C#N)CN(C)c1ccc(C=CC(=O)O)cc1. The van der Waals surface area contributed by atoms with Crippen LogP contribution in [0.1, 0.15) is 12.5 Å². The zero-order chi connectivity index (χ0) is 13.5. The van der Waals surface area contributed by atoms with Crippen LogP contribution in [0, 0.1) is 17.2 Å². The molecule has 0 saturated heterocycles. The van der Waals surface area contributed by atoms with Crippen molar-refractivity contribution >= 4 is 17.7 Å². The maximum absolute atomic E-state index is 10.4. The van der Waals surface area contributed by atoms with E-state index >= 15 is 0 Å². The summed E-state index contributed by atoms with van der Waals surface area (Å²) in [4.78, 5) is 12.4. The Hall–Kier alpha value is -2.28. The molecule has 1 aromatic rings. The third kappa shape index (κ3) is 4.30. The molecule has 94 valence electrons. The second kappa shape index (κ2) is 6.45. The van der Waals surface area contributed by atoms with Gasteiger partial charge in [-0.05, 0) is 30.7 Å². The summed E-state index contributed by atoms with van der Waals surface area (Å²) in [5.74, 6) is -0.986. The lowest BCUT2D eigenvalue weighted by Gasteiger charge is -2.20. The van der Waals surface area contributed by atoms with Crippen LogP contribution in [0.3, 0.4) is 0 Å². The Morgan fingerprint density at radius 3 is 2.61 bits per heavy atom. The average Bonchev–Trinajstić information content (AvgIpc) is 2.36. The summed E-state index contributed by atoms with van der Waals surface area (Å²) in [5.41, 5.74) is 1.84. The van der Waals surface area contributed by atoms with Crippen LogP contribution in [0.2, 0.25) is 0 Å². The largest absolute Gasteiger partial charge is 0.478 e. The molecular formula is C14H16N2O2. The van der Waals surface area contributed by atoms with E-state index < -0.39 is 5.97 Å². The molecule has 4 heteroatoms. The highest BCUT2D eigenvalue weighted by Crippen LogP contribution is 2.15. The Balaban J connectivity index is 2.71. The van der Waals surface area contributed by atoms with Gasteiger partial charge in [0, 0.05) is 25.4 Å². The van der Waals surface area contributed by atoms with Crippen molar-refractivity contribution in [3.05, 3.63) is 35.9 Å². The van der Waals surface area contributed by atoms with Crippen molar-refractivity contribution in [2.24, 2.45) is 5.92 Å². The summed E-state index contributed by atoms with van der Waals surface area (Å²) in [6.07, 6.45) is 2.65. The van der Waals surface area contributed by atoms with Crippen molar-refractivity contribution < 1.29 is 9.90 Å². The number of carboxylic acids is 1. The van der Waals surface area contributed by atoms with Crippen molar-refractivity contribution in [1.29, 1.82) is 5.26 Å². The van der Waals surface area contributed by atoms with Crippen LogP contribution in [0.15, 0.2) is 30.3 Å². The zero-order valence-electron chi connectivity index (χ0n) is 10.5. The van der Waals surface area contributed by atoms with E-state index in [1.54, 1.807) is 6.08 Å². The fraction of sp³-hybridized carbons (Fsp3) is 0.286. The van der Waals surface area contributed by atoms with Crippen LogP contribution in [0.5, 0.6) is 0 Å². The molecule has 0 aliphatic carbocycles. The van der Waals surface area contributed by atoms with Gasteiger partial charge in [-0.15, -0.1) is 0 Å². The molecule has 0 radical (unpaired) electrons. The van der Waals surface area contributed by atoms with E-state index in [9.17, 15) is 4.79 Å². The minimum atomic E-state index is -0.959. The van der Waals surface area contributed by atoms with Crippen molar-refractivity contribution in [2.75, 3.05) is 18.5 Å². The Labute approximate surface area is 107 Å². The van der Waals surface area contributed by atoms with Crippen LogP contribution in [-0.2, 0) is 4.79 Å². The van der Waals surface area contributed by atoms with Crippen molar-refractivity contribution in [3.8, 4) is 6.07 Å². The van der Waals surface area contributed by atoms with E-state index in [-0.39, 0.29) is 5.92 Å². The molecule has 1 aromatic carbocycles. The number of benzene rings is 1. The first-order valence-electron chi connectivity index (χ1n) is 5.64. The van der Waals surface area contributed by atoms with Gasteiger partial charge in [-0.2, -0.15) is 5.26 Å². The van der Waals surface area contributed by atoms with E-state index in [1.807, 2.05) is 43.1 Å². The van der Waals surface area contributed by atoms with E-state index in [4.69, 9.17) is 10.4 Å². The predicted molar refractivity (Wildman–Crippen MR) is 71.2 cm³/mol. The fourth-order valence-electron chi connectivity index (χ4n) is 1.56. The predicted octanol–water partition coefficient (Wildman–Crippen LogP) is 2.38. The van der Waals surface area contributed by atoms with Crippen LogP contribution in [0.25, 0.3) is 6.08 Å². The lowest BCUT2D eigenvalue weighted by Crippen LogP contribution is -2.22. The van der Waals surface area contributed by atoms with E-state index in [0.29, 0.717) is 6.54 Å². The van der Waals surface area contributed by atoms with Gasteiger partial charge in [0.1, 0.15) is 0 Å². The lowest BCUT2D eigenvalue weighted by atomic mass is 10.1. The van der Waals surface area contributed by atoms with Crippen LogP contribution in [-0.4, -0.2) is 24.7 Å². The third-order valence-electron chi connectivity index (χ3n) is 2.52. The standard InChI is InChI=1S/C14H16N2O2/c1-11(9-15)10-16(2)13-6-3-12(4-7-13)5-8-14(17)18/h3-8,11H,10H2,1-2H3,(H,17,18). The van der Waals surface area contributed by atoms with Crippen LogP contribution >= 0.6 is 0 Å². The summed E-state index contributed by atoms with van der Waals surface area (Å²) in [5, 5.41) is 17.3. The highest BCUT2D eigenvalue weighted by molar-refractivity contribution is 5.85. The zero-order valence-corrected chi connectivity index (χ0v) is 10.5.